The first kappa shape index (κ1) is 15.8. The number of hydrogen-bond acceptors (Lipinski definition) is 3. The highest BCUT2D eigenvalue weighted by Gasteiger charge is 2.15. The normalized spacial score (nSPS) is 12.2. The molecule has 0 fully saturated rings. The van der Waals surface area contributed by atoms with Crippen LogP contribution in [-0.2, 0) is 13.0 Å². The van der Waals surface area contributed by atoms with Gasteiger partial charge in [0.15, 0.2) is 0 Å². The van der Waals surface area contributed by atoms with E-state index in [0.29, 0.717) is 6.54 Å². The molecule has 2 aromatic rings. The van der Waals surface area contributed by atoms with Gasteiger partial charge >= 0.3 is 0 Å². The number of nitrogens with two attached hydrogens (primary N) is 1. The topological polar surface area (TPSA) is 42.1 Å². The number of nitrogens with zero attached hydrogens (tertiary/aromatic N) is 2. The lowest BCUT2D eigenvalue weighted by atomic mass is 10.1. The van der Waals surface area contributed by atoms with Crippen molar-refractivity contribution in [1.82, 2.24) is 4.98 Å². The molecule has 0 amide bonds. The summed E-state index contributed by atoms with van der Waals surface area (Å²) in [6, 6.07) is 12.3. The van der Waals surface area contributed by atoms with E-state index in [4.69, 9.17) is 22.3 Å². The second-order valence-electron chi connectivity index (χ2n) is 5.22. The Morgan fingerprint density at radius 3 is 2.67 bits per heavy atom. The molecule has 0 spiro atoms. The van der Waals surface area contributed by atoms with E-state index in [-0.39, 0.29) is 6.04 Å². The van der Waals surface area contributed by atoms with Gasteiger partial charge < -0.3 is 10.6 Å². The molecule has 3 nitrogen and oxygen atoms in total. The van der Waals surface area contributed by atoms with Crippen LogP contribution in [0.5, 0.6) is 0 Å². The van der Waals surface area contributed by atoms with E-state index in [0.717, 1.165) is 28.5 Å². The summed E-state index contributed by atoms with van der Waals surface area (Å²) in [6.07, 6.45) is 0.903. The smallest absolute Gasteiger partial charge is 0.129 e. The molecule has 0 bridgehead atoms. The Hall–Kier alpha value is -1.58. The van der Waals surface area contributed by atoms with Gasteiger partial charge in [0.1, 0.15) is 5.82 Å². The second kappa shape index (κ2) is 6.92. The number of hydrogen-bond donors (Lipinski definition) is 1. The molecule has 0 aliphatic heterocycles. The van der Waals surface area contributed by atoms with Crippen molar-refractivity contribution in [3.63, 3.8) is 0 Å². The van der Waals surface area contributed by atoms with Crippen molar-refractivity contribution in [1.29, 1.82) is 0 Å². The van der Waals surface area contributed by atoms with Gasteiger partial charge in [-0.15, -0.1) is 0 Å². The average molecular weight is 304 g/mol. The molecule has 0 saturated carbocycles. The summed E-state index contributed by atoms with van der Waals surface area (Å²) >= 11 is 6.08. The maximum Gasteiger partial charge on any atom is 0.129 e. The first-order chi connectivity index (χ1) is 10.0. The van der Waals surface area contributed by atoms with Crippen LogP contribution < -0.4 is 10.6 Å². The SMILES string of the molecule is CCc1cc(CN)cc(N(C)C(C)c2cccc(Cl)c2)n1. The standard InChI is InChI=1S/C17H22ClN3/c1-4-16-8-13(11-19)9-17(20-16)21(3)12(2)14-6-5-7-15(18)10-14/h5-10,12H,4,11,19H2,1-3H3. The Morgan fingerprint density at radius 1 is 1.29 bits per heavy atom. The lowest BCUT2D eigenvalue weighted by Gasteiger charge is -2.27. The number of aromatic nitrogens is 1. The van der Waals surface area contributed by atoms with Crippen molar-refractivity contribution >= 4 is 17.4 Å². The van der Waals surface area contributed by atoms with Gasteiger partial charge in [0.25, 0.3) is 0 Å². The summed E-state index contributed by atoms with van der Waals surface area (Å²) in [5, 5.41) is 0.755. The zero-order valence-electron chi connectivity index (χ0n) is 12.8. The Balaban J connectivity index is 2.32. The molecular weight excluding hydrogens is 282 g/mol. The third-order valence-electron chi connectivity index (χ3n) is 3.80. The van der Waals surface area contributed by atoms with Gasteiger partial charge in [-0.1, -0.05) is 30.7 Å². The van der Waals surface area contributed by atoms with E-state index < -0.39 is 0 Å². The van der Waals surface area contributed by atoms with Gasteiger partial charge in [-0.05, 0) is 48.7 Å². The summed E-state index contributed by atoms with van der Waals surface area (Å²) in [7, 11) is 2.05. The van der Waals surface area contributed by atoms with Gasteiger partial charge in [0, 0.05) is 24.3 Å². The first-order valence-electron chi connectivity index (χ1n) is 7.23. The zero-order valence-corrected chi connectivity index (χ0v) is 13.6. The molecule has 0 radical (unpaired) electrons. The lowest BCUT2D eigenvalue weighted by molar-refractivity contribution is 0.724. The van der Waals surface area contributed by atoms with Crippen LogP contribution in [0.1, 0.15) is 36.7 Å². The third kappa shape index (κ3) is 3.74. The van der Waals surface area contributed by atoms with Gasteiger partial charge in [0.05, 0.1) is 6.04 Å². The molecule has 0 saturated heterocycles. The first-order valence-corrected chi connectivity index (χ1v) is 7.61. The minimum atomic E-state index is 0.189. The van der Waals surface area contributed by atoms with Crippen molar-refractivity contribution in [3.05, 3.63) is 58.2 Å². The highest BCUT2D eigenvalue weighted by Crippen LogP contribution is 2.26. The summed E-state index contributed by atoms with van der Waals surface area (Å²) in [5.74, 6) is 0.947. The van der Waals surface area contributed by atoms with Gasteiger partial charge in [-0.2, -0.15) is 0 Å². The van der Waals surface area contributed by atoms with Crippen molar-refractivity contribution < 1.29 is 0 Å². The quantitative estimate of drug-likeness (QED) is 0.909. The van der Waals surface area contributed by atoms with Crippen LogP contribution in [0, 0.1) is 0 Å². The van der Waals surface area contributed by atoms with E-state index in [9.17, 15) is 0 Å². The number of halogens is 1. The minimum Gasteiger partial charge on any atom is -0.353 e. The number of benzene rings is 1. The zero-order chi connectivity index (χ0) is 15.4. The molecule has 0 aliphatic carbocycles. The molecule has 1 heterocycles. The molecule has 2 rings (SSSR count). The van der Waals surface area contributed by atoms with Crippen LogP contribution in [0.25, 0.3) is 0 Å². The van der Waals surface area contributed by atoms with Crippen LogP contribution in [0.4, 0.5) is 5.82 Å². The predicted octanol–water partition coefficient (Wildman–Crippen LogP) is 3.95. The maximum atomic E-state index is 6.08. The van der Waals surface area contributed by atoms with E-state index in [1.54, 1.807) is 0 Å². The third-order valence-corrected chi connectivity index (χ3v) is 4.03. The monoisotopic (exact) mass is 303 g/mol. The van der Waals surface area contributed by atoms with Crippen LogP contribution >= 0.6 is 11.6 Å². The highest BCUT2D eigenvalue weighted by molar-refractivity contribution is 6.30. The second-order valence-corrected chi connectivity index (χ2v) is 5.66. The fourth-order valence-electron chi connectivity index (χ4n) is 2.30. The predicted molar refractivity (Wildman–Crippen MR) is 89.8 cm³/mol. The van der Waals surface area contributed by atoms with E-state index in [1.165, 1.54) is 5.56 Å². The van der Waals surface area contributed by atoms with Crippen molar-refractivity contribution in [2.45, 2.75) is 32.9 Å². The maximum absolute atomic E-state index is 6.08. The molecule has 0 aliphatic rings. The molecule has 21 heavy (non-hydrogen) atoms. The Bertz CT molecular complexity index is 590. The average Bonchev–Trinajstić information content (AvgIpc) is 2.52. The molecule has 1 unspecified atom stereocenters. The Labute approximate surface area is 131 Å². The molecule has 2 N–H and O–H groups in total. The number of anilines is 1. The molecule has 1 aromatic heterocycles. The van der Waals surface area contributed by atoms with Gasteiger partial charge in [-0.3, -0.25) is 0 Å². The number of rotatable bonds is 5. The molecular formula is C17H22ClN3. The van der Waals surface area contributed by atoms with Gasteiger partial charge in [0.2, 0.25) is 0 Å². The van der Waals surface area contributed by atoms with Crippen molar-refractivity contribution in [2.24, 2.45) is 5.73 Å². The van der Waals surface area contributed by atoms with E-state index >= 15 is 0 Å². The molecule has 1 aromatic carbocycles. The van der Waals surface area contributed by atoms with Crippen LogP contribution in [0.3, 0.4) is 0 Å². The molecule has 112 valence electrons. The fraction of sp³-hybridized carbons (Fsp3) is 0.353. The van der Waals surface area contributed by atoms with Crippen molar-refractivity contribution in [3.8, 4) is 0 Å². The molecule has 4 heteroatoms. The summed E-state index contributed by atoms with van der Waals surface area (Å²) in [6.45, 7) is 4.78. The summed E-state index contributed by atoms with van der Waals surface area (Å²) < 4.78 is 0. The largest absolute Gasteiger partial charge is 0.353 e. The van der Waals surface area contributed by atoms with Crippen LogP contribution in [-0.4, -0.2) is 12.0 Å². The van der Waals surface area contributed by atoms with E-state index in [1.807, 2.05) is 25.2 Å². The summed E-state index contributed by atoms with van der Waals surface area (Å²) in [5.41, 5.74) is 9.14. The Morgan fingerprint density at radius 2 is 2.05 bits per heavy atom. The number of pyridine rings is 1. The fourth-order valence-corrected chi connectivity index (χ4v) is 2.50. The van der Waals surface area contributed by atoms with Crippen molar-refractivity contribution in [2.75, 3.05) is 11.9 Å². The van der Waals surface area contributed by atoms with E-state index in [2.05, 4.69) is 36.9 Å². The van der Waals surface area contributed by atoms with Crippen LogP contribution in [0.15, 0.2) is 36.4 Å². The Kier molecular flexibility index (Phi) is 5.21. The van der Waals surface area contributed by atoms with Gasteiger partial charge in [-0.25, -0.2) is 4.98 Å². The lowest BCUT2D eigenvalue weighted by Crippen LogP contribution is -2.23. The minimum absolute atomic E-state index is 0.189. The highest BCUT2D eigenvalue weighted by atomic mass is 35.5. The van der Waals surface area contributed by atoms with Crippen LogP contribution in [0.2, 0.25) is 5.02 Å². The summed E-state index contributed by atoms with van der Waals surface area (Å²) in [4.78, 5) is 6.86. The number of aryl methyl sites for hydroxylation is 1. The molecule has 1 atom stereocenters.